The van der Waals surface area contributed by atoms with Crippen LogP contribution in [0.15, 0.2) is 42.5 Å². The van der Waals surface area contributed by atoms with E-state index < -0.39 is 12.1 Å². The normalized spacial score (nSPS) is 20.4. The number of halogens is 1. The van der Waals surface area contributed by atoms with Gasteiger partial charge in [0.25, 0.3) is 5.91 Å². The summed E-state index contributed by atoms with van der Waals surface area (Å²) in [4.78, 5) is 33.1. The van der Waals surface area contributed by atoms with Crippen LogP contribution in [0.1, 0.15) is 42.6 Å². The molecule has 2 atom stereocenters. The highest BCUT2D eigenvalue weighted by atomic mass is 19.1. The van der Waals surface area contributed by atoms with Crippen LogP contribution in [-0.2, 0) is 11.2 Å². The molecule has 3 aromatic rings. The number of ether oxygens (including phenoxy) is 1. The zero-order valence-electron chi connectivity index (χ0n) is 17.5. The average molecular weight is 421 g/mol. The monoisotopic (exact) mass is 421 g/mol. The Morgan fingerprint density at radius 3 is 2.65 bits per heavy atom. The quantitative estimate of drug-likeness (QED) is 0.622. The molecule has 2 aromatic carbocycles. The number of fused-ring (bicyclic) bond motifs is 4. The van der Waals surface area contributed by atoms with Crippen molar-refractivity contribution >= 4 is 22.8 Å². The first-order valence-electron chi connectivity index (χ1n) is 10.6. The third kappa shape index (κ3) is 2.99. The van der Waals surface area contributed by atoms with E-state index in [0.717, 1.165) is 40.6 Å². The molecule has 0 spiro atoms. The number of urea groups is 1. The van der Waals surface area contributed by atoms with Gasteiger partial charge in [-0.25, -0.2) is 9.18 Å². The van der Waals surface area contributed by atoms with Crippen LogP contribution in [0, 0.1) is 5.82 Å². The summed E-state index contributed by atoms with van der Waals surface area (Å²) in [5.41, 5.74) is 3.40. The van der Waals surface area contributed by atoms with Crippen LogP contribution in [0.2, 0.25) is 0 Å². The van der Waals surface area contributed by atoms with Gasteiger partial charge in [0, 0.05) is 29.6 Å². The van der Waals surface area contributed by atoms with Gasteiger partial charge >= 0.3 is 6.03 Å². The largest absolute Gasteiger partial charge is 0.497 e. The first-order chi connectivity index (χ1) is 15.0. The fourth-order valence-electron chi connectivity index (χ4n) is 4.80. The Hall–Kier alpha value is -3.35. The summed E-state index contributed by atoms with van der Waals surface area (Å²) in [7, 11) is 1.60. The number of amides is 3. The van der Waals surface area contributed by atoms with Crippen molar-refractivity contribution in [2.45, 2.75) is 38.3 Å². The third-order valence-corrected chi connectivity index (χ3v) is 6.36. The van der Waals surface area contributed by atoms with E-state index in [-0.39, 0.29) is 17.8 Å². The summed E-state index contributed by atoms with van der Waals surface area (Å²) in [5.74, 6) is 0.216. The number of aromatic amines is 1. The highest BCUT2D eigenvalue weighted by Crippen LogP contribution is 2.44. The molecule has 160 valence electrons. The van der Waals surface area contributed by atoms with Crippen molar-refractivity contribution in [1.29, 1.82) is 0 Å². The van der Waals surface area contributed by atoms with Gasteiger partial charge in [0.15, 0.2) is 0 Å². The average Bonchev–Trinajstić information content (AvgIpc) is 3.26. The second kappa shape index (κ2) is 7.41. The number of aromatic nitrogens is 1. The molecule has 0 saturated carbocycles. The summed E-state index contributed by atoms with van der Waals surface area (Å²) in [6.07, 6.45) is 2.04. The van der Waals surface area contributed by atoms with E-state index >= 15 is 0 Å². The maximum Gasteiger partial charge on any atom is 0.328 e. The summed E-state index contributed by atoms with van der Waals surface area (Å²) in [5, 5.41) is 0.764. The van der Waals surface area contributed by atoms with Crippen molar-refractivity contribution in [3.05, 3.63) is 65.1 Å². The van der Waals surface area contributed by atoms with Gasteiger partial charge in [0.05, 0.1) is 7.11 Å². The number of hydrogen-bond donors (Lipinski definition) is 1. The lowest BCUT2D eigenvalue weighted by Crippen LogP contribution is -2.44. The highest BCUT2D eigenvalue weighted by molar-refractivity contribution is 6.05. The van der Waals surface area contributed by atoms with Crippen LogP contribution in [0.4, 0.5) is 9.18 Å². The molecule has 2 aliphatic rings. The molecule has 0 bridgehead atoms. The SMILES string of the molecule is CCCCN1C(=O)[C@@H]2Cc3c([nH]c4ccc(F)cc34)[C@H](c3ccc(OC)cc3)N2C1=O. The molecule has 1 saturated heterocycles. The van der Waals surface area contributed by atoms with Crippen LogP contribution < -0.4 is 4.74 Å². The Kier molecular flexibility index (Phi) is 4.68. The number of methoxy groups -OCH3 is 1. The van der Waals surface area contributed by atoms with E-state index in [2.05, 4.69) is 4.98 Å². The summed E-state index contributed by atoms with van der Waals surface area (Å²) in [6, 6.07) is 10.8. The van der Waals surface area contributed by atoms with Gasteiger partial charge in [0.2, 0.25) is 0 Å². The number of imide groups is 1. The number of carbonyl (C=O) groups excluding carboxylic acids is 2. The standard InChI is InChI=1S/C24H24FN3O3/c1-3-4-11-27-23(29)20-13-18-17-12-15(25)7-10-19(17)26-21(18)22(28(20)24(27)30)14-5-8-16(31-2)9-6-14/h5-10,12,20,22,26H,3-4,11,13H2,1-2H3/t20-,22-/m0/s1. The second-order valence-electron chi connectivity index (χ2n) is 8.14. The van der Waals surface area contributed by atoms with Crippen molar-refractivity contribution in [3.8, 4) is 5.75 Å². The molecular weight excluding hydrogens is 397 g/mol. The summed E-state index contributed by atoms with van der Waals surface area (Å²) >= 11 is 0. The topological polar surface area (TPSA) is 65.6 Å². The number of nitrogens with one attached hydrogen (secondary N) is 1. The second-order valence-corrected chi connectivity index (χ2v) is 8.14. The summed E-state index contributed by atoms with van der Waals surface area (Å²) < 4.78 is 19.3. The minimum Gasteiger partial charge on any atom is -0.497 e. The molecule has 1 fully saturated rings. The van der Waals surface area contributed by atoms with E-state index in [1.807, 2.05) is 31.2 Å². The van der Waals surface area contributed by atoms with Crippen LogP contribution >= 0.6 is 0 Å². The van der Waals surface area contributed by atoms with Gasteiger partial charge in [-0.2, -0.15) is 0 Å². The van der Waals surface area contributed by atoms with Crippen LogP contribution in [-0.4, -0.2) is 46.4 Å². The van der Waals surface area contributed by atoms with Gasteiger partial charge in [-0.05, 0) is 47.9 Å². The first-order valence-corrected chi connectivity index (χ1v) is 10.6. The van der Waals surface area contributed by atoms with E-state index in [4.69, 9.17) is 4.74 Å². The maximum absolute atomic E-state index is 14.0. The highest BCUT2D eigenvalue weighted by Gasteiger charge is 2.52. The molecule has 3 heterocycles. The molecule has 1 aromatic heterocycles. The number of nitrogens with zero attached hydrogens (tertiary/aromatic N) is 2. The van der Waals surface area contributed by atoms with Crippen molar-refractivity contribution < 1.29 is 18.7 Å². The van der Waals surface area contributed by atoms with E-state index in [9.17, 15) is 14.0 Å². The molecular formula is C24H24FN3O3. The molecule has 0 radical (unpaired) electrons. The van der Waals surface area contributed by atoms with Gasteiger partial charge in [-0.1, -0.05) is 25.5 Å². The number of unbranched alkanes of at least 4 members (excludes halogenated alkanes) is 1. The molecule has 31 heavy (non-hydrogen) atoms. The Morgan fingerprint density at radius 2 is 1.94 bits per heavy atom. The molecule has 5 rings (SSSR count). The fraction of sp³-hybridized carbons (Fsp3) is 0.333. The van der Waals surface area contributed by atoms with Crippen molar-refractivity contribution in [1.82, 2.24) is 14.8 Å². The molecule has 6 nitrogen and oxygen atoms in total. The number of carbonyl (C=O) groups is 2. The Labute approximate surface area is 179 Å². The predicted molar refractivity (Wildman–Crippen MR) is 114 cm³/mol. The van der Waals surface area contributed by atoms with Gasteiger partial charge in [0.1, 0.15) is 23.7 Å². The fourth-order valence-corrected chi connectivity index (χ4v) is 4.80. The van der Waals surface area contributed by atoms with Crippen molar-refractivity contribution in [3.63, 3.8) is 0 Å². The lowest BCUT2D eigenvalue weighted by Gasteiger charge is -2.36. The number of hydrogen-bond acceptors (Lipinski definition) is 3. The number of rotatable bonds is 5. The lowest BCUT2D eigenvalue weighted by atomic mass is 9.89. The predicted octanol–water partition coefficient (Wildman–Crippen LogP) is 4.39. The van der Waals surface area contributed by atoms with Crippen molar-refractivity contribution in [2.24, 2.45) is 0 Å². The Bertz CT molecular complexity index is 1170. The first kappa shape index (κ1) is 19.6. The molecule has 3 amide bonds. The van der Waals surface area contributed by atoms with Gasteiger partial charge in [-0.15, -0.1) is 0 Å². The number of H-pyrrole nitrogens is 1. The Balaban J connectivity index is 1.67. The smallest absolute Gasteiger partial charge is 0.328 e. The van der Waals surface area contributed by atoms with E-state index in [1.54, 1.807) is 18.1 Å². The molecule has 1 N–H and O–H groups in total. The minimum absolute atomic E-state index is 0.173. The zero-order valence-corrected chi connectivity index (χ0v) is 17.5. The van der Waals surface area contributed by atoms with Crippen LogP contribution in [0.25, 0.3) is 10.9 Å². The molecule has 0 aliphatic carbocycles. The van der Waals surface area contributed by atoms with Gasteiger partial charge < -0.3 is 9.72 Å². The molecule has 7 heteroatoms. The van der Waals surface area contributed by atoms with Crippen molar-refractivity contribution in [2.75, 3.05) is 13.7 Å². The number of benzene rings is 2. The third-order valence-electron chi connectivity index (χ3n) is 6.36. The van der Waals surface area contributed by atoms with E-state index in [1.165, 1.54) is 17.0 Å². The zero-order chi connectivity index (χ0) is 21.7. The summed E-state index contributed by atoms with van der Waals surface area (Å²) in [6.45, 7) is 2.45. The Morgan fingerprint density at radius 1 is 1.16 bits per heavy atom. The molecule has 0 unspecified atom stereocenters. The lowest BCUT2D eigenvalue weighted by molar-refractivity contribution is -0.128. The van der Waals surface area contributed by atoms with Gasteiger partial charge in [-0.3, -0.25) is 14.6 Å². The maximum atomic E-state index is 14.0. The molecule has 2 aliphatic heterocycles. The van der Waals surface area contributed by atoms with Crippen LogP contribution in [0.5, 0.6) is 5.75 Å². The minimum atomic E-state index is -0.591. The van der Waals surface area contributed by atoms with Crippen LogP contribution in [0.3, 0.4) is 0 Å². The van der Waals surface area contributed by atoms with E-state index in [0.29, 0.717) is 18.7 Å².